The lowest BCUT2D eigenvalue weighted by molar-refractivity contribution is 0.284. The fourth-order valence-corrected chi connectivity index (χ4v) is 3.04. The van der Waals surface area contributed by atoms with Crippen molar-refractivity contribution in [2.45, 2.75) is 13.5 Å². The molecule has 146 valence electrons. The van der Waals surface area contributed by atoms with E-state index >= 15 is 0 Å². The highest BCUT2D eigenvalue weighted by molar-refractivity contribution is 5.85. The van der Waals surface area contributed by atoms with Gasteiger partial charge in [0.15, 0.2) is 24.1 Å². The maximum atomic E-state index is 6.06. The summed E-state index contributed by atoms with van der Waals surface area (Å²) in [6, 6.07) is 17.1. The van der Waals surface area contributed by atoms with E-state index < -0.39 is 0 Å². The molecule has 0 N–H and O–H groups in total. The Morgan fingerprint density at radius 3 is 2.63 bits per heavy atom. The van der Waals surface area contributed by atoms with E-state index in [2.05, 4.69) is 35.5 Å². The van der Waals surface area contributed by atoms with Crippen molar-refractivity contribution in [3.8, 4) is 23.1 Å². The number of hydrogen-bond donors (Lipinski definition) is 0. The molecular formula is C21H16N8O. The number of tetrazole rings is 1. The summed E-state index contributed by atoms with van der Waals surface area (Å²) in [5.41, 5.74) is 2.52. The summed E-state index contributed by atoms with van der Waals surface area (Å²) in [7, 11) is 0. The highest BCUT2D eigenvalue weighted by Crippen LogP contribution is 2.26. The van der Waals surface area contributed by atoms with Gasteiger partial charge in [-0.05, 0) is 53.7 Å². The molecular weight excluding hydrogens is 380 g/mol. The van der Waals surface area contributed by atoms with E-state index in [4.69, 9.17) is 4.74 Å². The Hall–Kier alpha value is -4.27. The van der Waals surface area contributed by atoms with Gasteiger partial charge in [0.25, 0.3) is 0 Å². The molecule has 0 bridgehead atoms. The topological polar surface area (TPSA) is 104 Å². The molecule has 1 aromatic carbocycles. The summed E-state index contributed by atoms with van der Waals surface area (Å²) < 4.78 is 7.62. The third kappa shape index (κ3) is 3.44. The average molecular weight is 396 g/mol. The number of aromatic nitrogens is 8. The van der Waals surface area contributed by atoms with E-state index in [0.29, 0.717) is 23.3 Å². The lowest BCUT2D eigenvalue weighted by Gasteiger charge is -2.10. The molecule has 4 aromatic heterocycles. The summed E-state index contributed by atoms with van der Waals surface area (Å²) in [5.74, 6) is 2.16. The third-order valence-electron chi connectivity index (χ3n) is 4.47. The molecule has 0 aliphatic heterocycles. The lowest BCUT2D eigenvalue weighted by Crippen LogP contribution is -2.09. The molecule has 9 nitrogen and oxygen atoms in total. The zero-order chi connectivity index (χ0) is 20.3. The monoisotopic (exact) mass is 396 g/mol. The van der Waals surface area contributed by atoms with Crippen LogP contribution in [0, 0.1) is 6.92 Å². The summed E-state index contributed by atoms with van der Waals surface area (Å²) in [6.45, 7) is 2.04. The van der Waals surface area contributed by atoms with Gasteiger partial charge in [0, 0.05) is 23.7 Å². The number of rotatable bonds is 5. The first kappa shape index (κ1) is 17.8. The van der Waals surface area contributed by atoms with Crippen LogP contribution in [0.1, 0.15) is 11.5 Å². The molecule has 0 saturated carbocycles. The first-order valence-corrected chi connectivity index (χ1v) is 9.29. The van der Waals surface area contributed by atoms with E-state index in [0.717, 1.165) is 22.2 Å². The lowest BCUT2D eigenvalue weighted by atomic mass is 10.2. The summed E-state index contributed by atoms with van der Waals surface area (Å²) >= 11 is 0. The van der Waals surface area contributed by atoms with Crippen molar-refractivity contribution in [1.29, 1.82) is 0 Å². The smallest absolute Gasteiger partial charge is 0.225 e. The number of benzene rings is 1. The largest absolute Gasteiger partial charge is 0.469 e. The van der Waals surface area contributed by atoms with E-state index in [-0.39, 0.29) is 6.61 Å². The van der Waals surface area contributed by atoms with Gasteiger partial charge in [0.2, 0.25) is 5.88 Å². The summed E-state index contributed by atoms with van der Waals surface area (Å²) in [4.78, 5) is 17.8. The third-order valence-corrected chi connectivity index (χ3v) is 4.47. The average Bonchev–Trinajstić information content (AvgIpc) is 3.26. The van der Waals surface area contributed by atoms with Crippen LogP contribution in [0.3, 0.4) is 0 Å². The minimum Gasteiger partial charge on any atom is -0.469 e. The van der Waals surface area contributed by atoms with Crippen molar-refractivity contribution in [2.75, 3.05) is 0 Å². The maximum absolute atomic E-state index is 6.06. The zero-order valence-corrected chi connectivity index (χ0v) is 16.0. The quantitative estimate of drug-likeness (QED) is 0.447. The fourth-order valence-electron chi connectivity index (χ4n) is 3.04. The molecule has 0 radical (unpaired) electrons. The maximum Gasteiger partial charge on any atom is 0.225 e. The second-order valence-electron chi connectivity index (χ2n) is 6.54. The Kier molecular flexibility index (Phi) is 4.53. The number of fused-ring (bicyclic) bond motifs is 1. The van der Waals surface area contributed by atoms with E-state index in [9.17, 15) is 0 Å². The minimum absolute atomic E-state index is 0.124. The Morgan fingerprint density at radius 2 is 1.77 bits per heavy atom. The van der Waals surface area contributed by atoms with Gasteiger partial charge in [-0.15, -0.1) is 5.10 Å². The van der Waals surface area contributed by atoms with Gasteiger partial charge in [0.05, 0.1) is 10.9 Å². The molecule has 0 spiro atoms. The van der Waals surface area contributed by atoms with Gasteiger partial charge in [0.1, 0.15) is 0 Å². The number of nitrogens with zero attached hydrogens (tertiary/aromatic N) is 8. The molecule has 0 atom stereocenters. The van der Waals surface area contributed by atoms with Crippen LogP contribution in [0.25, 0.3) is 28.1 Å². The van der Waals surface area contributed by atoms with Crippen LogP contribution in [0.2, 0.25) is 0 Å². The van der Waals surface area contributed by atoms with Gasteiger partial charge in [-0.25, -0.2) is 9.97 Å². The highest BCUT2D eigenvalue weighted by atomic mass is 16.5. The summed E-state index contributed by atoms with van der Waals surface area (Å²) in [6.07, 6.45) is 3.41. The van der Waals surface area contributed by atoms with Crippen LogP contribution < -0.4 is 4.74 Å². The Labute approximate surface area is 171 Å². The number of para-hydroxylation sites is 1. The van der Waals surface area contributed by atoms with Crippen molar-refractivity contribution in [3.05, 3.63) is 78.5 Å². The molecule has 4 heterocycles. The molecule has 0 saturated heterocycles. The van der Waals surface area contributed by atoms with Crippen LogP contribution in [0.5, 0.6) is 5.88 Å². The van der Waals surface area contributed by atoms with Crippen LogP contribution in [0.4, 0.5) is 0 Å². The van der Waals surface area contributed by atoms with Gasteiger partial charge in [-0.1, -0.05) is 18.2 Å². The molecule has 30 heavy (non-hydrogen) atoms. The Bertz CT molecular complexity index is 1320. The molecule has 5 aromatic rings. The van der Waals surface area contributed by atoms with Gasteiger partial charge < -0.3 is 4.74 Å². The second-order valence-corrected chi connectivity index (χ2v) is 6.54. The van der Waals surface area contributed by atoms with Crippen LogP contribution in [-0.4, -0.2) is 40.1 Å². The van der Waals surface area contributed by atoms with E-state index in [1.54, 1.807) is 17.1 Å². The number of pyridine rings is 2. The normalized spacial score (nSPS) is 11.0. The first-order valence-electron chi connectivity index (χ1n) is 9.29. The Balaban J connectivity index is 1.50. The van der Waals surface area contributed by atoms with Crippen molar-refractivity contribution < 1.29 is 4.74 Å². The molecule has 0 amide bonds. The SMILES string of the molecule is Cc1cccc(-n2nnnc2COc2nc(-c3ccncc3)nc3ccccc23)n1. The molecule has 0 aliphatic carbocycles. The van der Waals surface area contributed by atoms with Crippen LogP contribution >= 0.6 is 0 Å². The van der Waals surface area contributed by atoms with Gasteiger partial charge in [-0.3, -0.25) is 4.98 Å². The predicted octanol–water partition coefficient (Wildman–Crippen LogP) is 2.95. The van der Waals surface area contributed by atoms with Gasteiger partial charge >= 0.3 is 0 Å². The van der Waals surface area contributed by atoms with Crippen molar-refractivity contribution in [3.63, 3.8) is 0 Å². The van der Waals surface area contributed by atoms with Gasteiger partial charge in [-0.2, -0.15) is 9.67 Å². The number of hydrogen-bond acceptors (Lipinski definition) is 8. The number of aryl methyl sites for hydroxylation is 1. The predicted molar refractivity (Wildman–Crippen MR) is 109 cm³/mol. The van der Waals surface area contributed by atoms with Crippen molar-refractivity contribution in [2.24, 2.45) is 0 Å². The van der Waals surface area contributed by atoms with Crippen molar-refractivity contribution >= 4 is 10.9 Å². The molecule has 0 aliphatic rings. The number of ether oxygens (including phenoxy) is 1. The van der Waals surface area contributed by atoms with Crippen molar-refractivity contribution in [1.82, 2.24) is 40.1 Å². The zero-order valence-electron chi connectivity index (χ0n) is 16.0. The second kappa shape index (κ2) is 7.63. The standard InChI is InChI=1S/C21H16N8O/c1-14-5-4-8-18(23-14)29-19(26-27-28-29)13-30-21-16-6-2-3-7-17(16)24-20(25-21)15-9-11-22-12-10-15/h2-12H,13H2,1H3. The molecule has 5 rings (SSSR count). The molecule has 0 fully saturated rings. The fraction of sp³-hybridized carbons (Fsp3) is 0.0952. The Morgan fingerprint density at radius 1 is 0.900 bits per heavy atom. The highest BCUT2D eigenvalue weighted by Gasteiger charge is 2.14. The van der Waals surface area contributed by atoms with E-state index in [1.807, 2.05) is 61.5 Å². The molecule has 0 unspecified atom stereocenters. The minimum atomic E-state index is 0.124. The molecule has 9 heteroatoms. The van der Waals surface area contributed by atoms with Crippen LogP contribution in [0.15, 0.2) is 67.0 Å². The van der Waals surface area contributed by atoms with Crippen LogP contribution in [-0.2, 0) is 6.61 Å². The summed E-state index contributed by atoms with van der Waals surface area (Å²) in [5, 5.41) is 12.7. The first-order chi connectivity index (χ1) is 14.8. The van der Waals surface area contributed by atoms with E-state index in [1.165, 1.54) is 0 Å².